The third-order valence-electron chi connectivity index (χ3n) is 5.25. The fourth-order valence-corrected chi connectivity index (χ4v) is 3.41. The number of hydrogen-bond acceptors (Lipinski definition) is 2. The van der Waals surface area contributed by atoms with Crippen molar-refractivity contribution in [1.29, 1.82) is 0 Å². The molecule has 0 aliphatic carbocycles. The Morgan fingerprint density at radius 2 is 0.593 bits per heavy atom. The quantitative estimate of drug-likeness (QED) is 0.0930. The molecular weight excluding hydrogens is 343 g/mol. The Morgan fingerprint density at radius 3 is 0.852 bits per heavy atom. The molecule has 3 heteroatoms. The van der Waals surface area contributed by atoms with Crippen molar-refractivity contribution in [2.45, 2.75) is 142 Å². The van der Waals surface area contributed by atoms with Gasteiger partial charge in [-0.3, -0.25) is 0 Å². The van der Waals surface area contributed by atoms with Gasteiger partial charge in [0, 0.05) is 0 Å². The van der Waals surface area contributed by atoms with Gasteiger partial charge in [-0.15, -0.1) is 0 Å². The van der Waals surface area contributed by atoms with Gasteiger partial charge in [-0.25, -0.2) is 9.78 Å². The molecule has 0 aliphatic heterocycles. The zero-order chi connectivity index (χ0) is 19.0. The minimum absolute atomic E-state index is 0. The molecule has 0 aromatic heterocycles. The maximum absolute atomic E-state index is 5.29. The molecule has 0 aromatic carbocycles. The van der Waals surface area contributed by atoms with E-state index in [9.17, 15) is 0 Å². The van der Waals surface area contributed by atoms with Crippen LogP contribution >= 0.6 is 0 Å². The minimum atomic E-state index is 0. The van der Waals surface area contributed by atoms with Gasteiger partial charge in [-0.05, 0) is 12.8 Å². The van der Waals surface area contributed by atoms with Gasteiger partial charge in [-0.1, -0.05) is 129 Å². The zero-order valence-electron chi connectivity index (χ0n) is 20.4. The molecule has 160 valence electrons. The summed E-state index contributed by atoms with van der Waals surface area (Å²) >= 11 is 0. The predicted molar refractivity (Wildman–Crippen MR) is 117 cm³/mol. The van der Waals surface area contributed by atoms with Gasteiger partial charge in [0.2, 0.25) is 0 Å². The van der Waals surface area contributed by atoms with E-state index in [-0.39, 0.29) is 31.0 Å². The first-order valence-corrected chi connectivity index (χ1v) is 12.2. The average Bonchev–Trinajstić information content (AvgIpc) is 2.66. The molecule has 0 atom stereocenters. The largest absolute Gasteiger partial charge is 1.00 e. The first-order chi connectivity index (χ1) is 12.9. The standard InChI is InChI=1S/C24H50O2.Na.H/c1-3-5-7-9-11-13-15-17-19-21-23-25-26-24-22-20-18-16-14-12-10-8-6-4-2;;/h3-24H2,1-2H3;;/q;+1;-1. The Kier molecular flexibility index (Phi) is 32.5. The smallest absolute Gasteiger partial charge is 1.00 e. The molecule has 0 heterocycles. The molecule has 0 amide bonds. The Hall–Kier alpha value is 0.920. The van der Waals surface area contributed by atoms with Gasteiger partial charge < -0.3 is 1.43 Å². The summed E-state index contributed by atoms with van der Waals surface area (Å²) in [6.07, 6.45) is 27.3. The molecule has 0 radical (unpaired) electrons. The van der Waals surface area contributed by atoms with E-state index >= 15 is 0 Å². The first kappa shape index (κ1) is 30.1. The van der Waals surface area contributed by atoms with Crippen LogP contribution in [0.25, 0.3) is 0 Å². The van der Waals surface area contributed by atoms with Gasteiger partial charge >= 0.3 is 29.6 Å². The molecule has 0 aliphatic rings. The van der Waals surface area contributed by atoms with Crippen LogP contribution in [0.2, 0.25) is 0 Å². The Morgan fingerprint density at radius 1 is 0.370 bits per heavy atom. The van der Waals surface area contributed by atoms with Crippen LogP contribution in [-0.4, -0.2) is 13.2 Å². The van der Waals surface area contributed by atoms with Crippen molar-refractivity contribution in [3.8, 4) is 0 Å². The second-order valence-corrected chi connectivity index (χ2v) is 8.01. The van der Waals surface area contributed by atoms with Gasteiger partial charge in [0.1, 0.15) is 0 Å². The molecule has 2 nitrogen and oxygen atoms in total. The van der Waals surface area contributed by atoms with E-state index in [1.165, 1.54) is 116 Å². The molecule has 0 unspecified atom stereocenters. The third-order valence-corrected chi connectivity index (χ3v) is 5.25. The monoisotopic (exact) mass is 394 g/mol. The summed E-state index contributed by atoms with van der Waals surface area (Å²) < 4.78 is 0. The SMILES string of the molecule is CCCCCCCCCCCCOOCCCCCCCCCCCC.[H-].[Na+]. The summed E-state index contributed by atoms with van der Waals surface area (Å²) in [7, 11) is 0. The summed E-state index contributed by atoms with van der Waals surface area (Å²) in [4.78, 5) is 10.6. The van der Waals surface area contributed by atoms with E-state index in [0.717, 1.165) is 26.1 Å². The maximum atomic E-state index is 5.29. The number of rotatable bonds is 23. The molecule has 0 bridgehead atoms. The molecular formula is C24H51NaO2. The van der Waals surface area contributed by atoms with Crippen LogP contribution in [0, 0.1) is 0 Å². The van der Waals surface area contributed by atoms with Crippen molar-refractivity contribution >= 4 is 0 Å². The number of hydrogen-bond donors (Lipinski definition) is 0. The van der Waals surface area contributed by atoms with Crippen LogP contribution in [0.4, 0.5) is 0 Å². The van der Waals surface area contributed by atoms with Crippen LogP contribution < -0.4 is 29.6 Å². The Bertz CT molecular complexity index is 219. The molecule has 0 aromatic rings. The van der Waals surface area contributed by atoms with E-state index in [0.29, 0.717) is 0 Å². The van der Waals surface area contributed by atoms with Crippen LogP contribution in [0.5, 0.6) is 0 Å². The van der Waals surface area contributed by atoms with Crippen LogP contribution in [0.3, 0.4) is 0 Å². The molecule has 0 saturated carbocycles. The fraction of sp³-hybridized carbons (Fsp3) is 1.00. The van der Waals surface area contributed by atoms with Crippen molar-refractivity contribution in [3.63, 3.8) is 0 Å². The van der Waals surface area contributed by atoms with E-state index < -0.39 is 0 Å². The summed E-state index contributed by atoms with van der Waals surface area (Å²) in [5.74, 6) is 0. The van der Waals surface area contributed by atoms with Crippen molar-refractivity contribution in [2.75, 3.05) is 13.2 Å². The van der Waals surface area contributed by atoms with Crippen molar-refractivity contribution in [1.82, 2.24) is 0 Å². The van der Waals surface area contributed by atoms with Gasteiger partial charge in [-0.2, -0.15) is 0 Å². The van der Waals surface area contributed by atoms with Crippen LogP contribution in [0.15, 0.2) is 0 Å². The van der Waals surface area contributed by atoms with Crippen molar-refractivity contribution < 1.29 is 40.8 Å². The van der Waals surface area contributed by atoms with E-state index in [1.54, 1.807) is 0 Å². The molecule has 0 spiro atoms. The molecule has 0 rings (SSSR count). The Labute approximate surface area is 195 Å². The summed E-state index contributed by atoms with van der Waals surface area (Å²) in [5.41, 5.74) is 0. The van der Waals surface area contributed by atoms with Crippen LogP contribution in [-0.2, 0) is 9.78 Å². The molecule has 0 N–H and O–H groups in total. The molecule has 0 fully saturated rings. The minimum Gasteiger partial charge on any atom is -1.00 e. The Balaban J connectivity index is -0.00000312. The summed E-state index contributed by atoms with van der Waals surface area (Å²) in [5, 5.41) is 0. The molecule has 27 heavy (non-hydrogen) atoms. The van der Waals surface area contributed by atoms with E-state index in [4.69, 9.17) is 9.78 Å². The topological polar surface area (TPSA) is 18.5 Å². The normalized spacial score (nSPS) is 10.9. The van der Waals surface area contributed by atoms with Gasteiger partial charge in [0.25, 0.3) is 0 Å². The average molecular weight is 395 g/mol. The van der Waals surface area contributed by atoms with Crippen molar-refractivity contribution in [3.05, 3.63) is 0 Å². The number of unbranched alkanes of at least 4 members (excludes halogenated alkanes) is 18. The summed E-state index contributed by atoms with van der Waals surface area (Å²) in [6, 6.07) is 0. The van der Waals surface area contributed by atoms with Crippen molar-refractivity contribution in [2.24, 2.45) is 0 Å². The predicted octanol–water partition coefficient (Wildman–Crippen LogP) is 5.89. The van der Waals surface area contributed by atoms with Gasteiger partial charge in [0.15, 0.2) is 0 Å². The first-order valence-electron chi connectivity index (χ1n) is 12.2. The maximum Gasteiger partial charge on any atom is 1.00 e. The summed E-state index contributed by atoms with van der Waals surface area (Å²) in [6.45, 7) is 6.11. The fourth-order valence-electron chi connectivity index (χ4n) is 3.41. The van der Waals surface area contributed by atoms with Gasteiger partial charge in [0.05, 0.1) is 13.2 Å². The third kappa shape index (κ3) is 29.2. The van der Waals surface area contributed by atoms with E-state index in [1.807, 2.05) is 0 Å². The zero-order valence-corrected chi connectivity index (χ0v) is 21.4. The second kappa shape index (κ2) is 29.1. The second-order valence-electron chi connectivity index (χ2n) is 8.01. The van der Waals surface area contributed by atoms with E-state index in [2.05, 4.69) is 13.8 Å². The van der Waals surface area contributed by atoms with Crippen LogP contribution in [0.1, 0.15) is 144 Å². The molecule has 0 saturated heterocycles.